The van der Waals surface area contributed by atoms with Crippen LogP contribution in [0.3, 0.4) is 0 Å². The molecule has 2 N–H and O–H groups in total. The van der Waals surface area contributed by atoms with Crippen molar-refractivity contribution in [2.45, 2.75) is 12.5 Å². The molecule has 15 heavy (non-hydrogen) atoms. The van der Waals surface area contributed by atoms with E-state index in [0.29, 0.717) is 6.42 Å². The zero-order valence-corrected chi connectivity index (χ0v) is 8.93. The molecule has 1 aromatic rings. The number of hydrogen-bond donors (Lipinski definition) is 1. The smallest absolute Gasteiger partial charge is 0.140 e. The van der Waals surface area contributed by atoms with Gasteiger partial charge in [0.15, 0.2) is 0 Å². The topological polar surface area (TPSA) is 49.8 Å². The maximum atomic E-state index is 12.9. The molecule has 1 rings (SSSR count). The fourth-order valence-corrected chi connectivity index (χ4v) is 1.17. The first kappa shape index (κ1) is 13.6. The predicted octanol–water partition coefficient (Wildman–Crippen LogP) is 2.70. The van der Waals surface area contributed by atoms with Gasteiger partial charge in [-0.3, -0.25) is 0 Å². The number of nitrogens with two attached hydrogens (primary N) is 1. The maximum absolute atomic E-state index is 12.9. The van der Waals surface area contributed by atoms with Gasteiger partial charge in [-0.25, -0.2) is 4.39 Å². The highest BCUT2D eigenvalue weighted by Crippen LogP contribution is 2.17. The molecule has 1 aromatic carbocycles. The average molecular weight is 227 g/mol. The van der Waals surface area contributed by atoms with E-state index < -0.39 is 5.82 Å². The molecule has 0 heterocycles. The lowest BCUT2D eigenvalue weighted by molar-refractivity contribution is 0.621. The Morgan fingerprint density at radius 1 is 1.60 bits per heavy atom. The summed E-state index contributed by atoms with van der Waals surface area (Å²) < 4.78 is 12.9. The van der Waals surface area contributed by atoms with Crippen molar-refractivity contribution in [3.63, 3.8) is 0 Å². The molecule has 0 aliphatic carbocycles. The highest BCUT2D eigenvalue weighted by atomic mass is 35.5. The number of halogens is 2. The molecule has 1 atom stereocenters. The van der Waals surface area contributed by atoms with Crippen molar-refractivity contribution in [1.82, 2.24) is 0 Å². The van der Waals surface area contributed by atoms with Crippen LogP contribution in [0.15, 0.2) is 30.9 Å². The van der Waals surface area contributed by atoms with Crippen molar-refractivity contribution < 1.29 is 4.39 Å². The number of rotatable bonds is 3. The number of benzene rings is 1. The molecule has 0 saturated carbocycles. The Bertz CT molecular complexity index is 385. The quantitative estimate of drug-likeness (QED) is 0.806. The lowest BCUT2D eigenvalue weighted by atomic mass is 10.0. The van der Waals surface area contributed by atoms with E-state index in [-0.39, 0.29) is 24.0 Å². The third kappa shape index (κ3) is 3.35. The second-order valence-electron chi connectivity index (χ2n) is 2.98. The summed E-state index contributed by atoms with van der Waals surface area (Å²) >= 11 is 0. The van der Waals surface area contributed by atoms with Crippen LogP contribution in [-0.2, 0) is 0 Å². The van der Waals surface area contributed by atoms with Crippen molar-refractivity contribution in [2.75, 3.05) is 0 Å². The monoisotopic (exact) mass is 226 g/mol. The van der Waals surface area contributed by atoms with Gasteiger partial charge in [-0.05, 0) is 24.1 Å². The molecule has 0 saturated heterocycles. The van der Waals surface area contributed by atoms with Crippen LogP contribution < -0.4 is 5.73 Å². The van der Waals surface area contributed by atoms with Gasteiger partial charge in [0.25, 0.3) is 0 Å². The van der Waals surface area contributed by atoms with E-state index in [9.17, 15) is 4.39 Å². The molecule has 0 unspecified atom stereocenters. The Hall–Kier alpha value is -1.37. The summed E-state index contributed by atoms with van der Waals surface area (Å²) in [6, 6.07) is 5.88. The molecule has 0 radical (unpaired) electrons. The summed E-state index contributed by atoms with van der Waals surface area (Å²) in [5, 5.41) is 8.60. The van der Waals surface area contributed by atoms with E-state index in [0.717, 1.165) is 5.56 Å². The number of hydrogen-bond acceptors (Lipinski definition) is 2. The minimum absolute atomic E-state index is 0. The van der Waals surface area contributed by atoms with E-state index in [2.05, 4.69) is 6.58 Å². The van der Waals surface area contributed by atoms with Crippen LogP contribution in [0, 0.1) is 17.1 Å². The second-order valence-corrected chi connectivity index (χ2v) is 2.98. The summed E-state index contributed by atoms with van der Waals surface area (Å²) in [7, 11) is 0. The molecular formula is C11H12ClFN2. The molecule has 0 bridgehead atoms. The van der Waals surface area contributed by atoms with Crippen LogP contribution in [0.5, 0.6) is 0 Å². The van der Waals surface area contributed by atoms with Gasteiger partial charge >= 0.3 is 0 Å². The van der Waals surface area contributed by atoms with Gasteiger partial charge in [-0.15, -0.1) is 19.0 Å². The standard InChI is InChI=1S/C11H11FN2.ClH/c1-2-3-11(14)8-4-5-10(12)9(6-8)7-13;/h2,4-6,11H,1,3,14H2;1H/t11-;/m0./s1. The first-order valence-electron chi connectivity index (χ1n) is 4.25. The lowest BCUT2D eigenvalue weighted by Crippen LogP contribution is -2.09. The Labute approximate surface area is 94.6 Å². The predicted molar refractivity (Wildman–Crippen MR) is 60.1 cm³/mol. The van der Waals surface area contributed by atoms with Gasteiger partial charge in [0.2, 0.25) is 0 Å². The first-order valence-corrected chi connectivity index (χ1v) is 4.25. The normalized spacial score (nSPS) is 11.0. The molecule has 0 aliphatic rings. The summed E-state index contributed by atoms with van der Waals surface area (Å²) in [5.74, 6) is -0.512. The zero-order chi connectivity index (χ0) is 10.6. The van der Waals surface area contributed by atoms with Crippen molar-refractivity contribution in [1.29, 1.82) is 5.26 Å². The van der Waals surface area contributed by atoms with Gasteiger partial charge in [-0.2, -0.15) is 5.26 Å². The van der Waals surface area contributed by atoms with Crippen molar-refractivity contribution in [3.05, 3.63) is 47.8 Å². The highest BCUT2D eigenvalue weighted by Gasteiger charge is 2.07. The highest BCUT2D eigenvalue weighted by molar-refractivity contribution is 5.85. The minimum Gasteiger partial charge on any atom is -0.324 e. The van der Waals surface area contributed by atoms with Gasteiger partial charge in [0.1, 0.15) is 11.9 Å². The van der Waals surface area contributed by atoms with Crippen LogP contribution in [0.1, 0.15) is 23.6 Å². The molecule has 4 heteroatoms. The van der Waals surface area contributed by atoms with E-state index in [1.807, 2.05) is 0 Å². The summed E-state index contributed by atoms with van der Waals surface area (Å²) in [6.45, 7) is 3.57. The molecular weight excluding hydrogens is 215 g/mol. The zero-order valence-electron chi connectivity index (χ0n) is 8.11. The third-order valence-electron chi connectivity index (χ3n) is 1.96. The molecule has 0 aliphatic heterocycles. The van der Waals surface area contributed by atoms with Gasteiger partial charge in [-0.1, -0.05) is 12.1 Å². The molecule has 0 spiro atoms. The summed E-state index contributed by atoms with van der Waals surface area (Å²) in [4.78, 5) is 0. The van der Waals surface area contributed by atoms with Crippen LogP contribution in [0.2, 0.25) is 0 Å². The summed E-state index contributed by atoms with van der Waals surface area (Å²) in [6.07, 6.45) is 2.30. The second kappa shape index (κ2) is 6.18. The van der Waals surface area contributed by atoms with Crippen molar-refractivity contribution in [2.24, 2.45) is 5.73 Å². The lowest BCUT2D eigenvalue weighted by Gasteiger charge is -2.09. The Balaban J connectivity index is 0.00000196. The third-order valence-corrected chi connectivity index (χ3v) is 1.96. The molecule has 0 fully saturated rings. The number of nitrogens with zero attached hydrogens (tertiary/aromatic N) is 1. The van der Waals surface area contributed by atoms with Crippen LogP contribution in [0.4, 0.5) is 4.39 Å². The largest absolute Gasteiger partial charge is 0.324 e. The van der Waals surface area contributed by atoms with E-state index in [1.54, 1.807) is 18.2 Å². The molecule has 2 nitrogen and oxygen atoms in total. The molecule has 80 valence electrons. The van der Waals surface area contributed by atoms with E-state index in [1.165, 1.54) is 12.1 Å². The Morgan fingerprint density at radius 3 is 2.80 bits per heavy atom. The van der Waals surface area contributed by atoms with Crippen LogP contribution in [0.25, 0.3) is 0 Å². The fraction of sp³-hybridized carbons (Fsp3) is 0.182. The Morgan fingerprint density at radius 2 is 2.27 bits per heavy atom. The van der Waals surface area contributed by atoms with Crippen LogP contribution in [-0.4, -0.2) is 0 Å². The van der Waals surface area contributed by atoms with E-state index >= 15 is 0 Å². The number of nitriles is 1. The summed E-state index contributed by atoms with van der Waals surface area (Å²) in [5.41, 5.74) is 6.56. The van der Waals surface area contributed by atoms with Gasteiger partial charge in [0.05, 0.1) is 5.56 Å². The van der Waals surface area contributed by atoms with Crippen molar-refractivity contribution in [3.8, 4) is 6.07 Å². The van der Waals surface area contributed by atoms with E-state index in [4.69, 9.17) is 11.0 Å². The average Bonchev–Trinajstić information content (AvgIpc) is 2.19. The van der Waals surface area contributed by atoms with Crippen LogP contribution >= 0.6 is 12.4 Å². The minimum atomic E-state index is -0.512. The molecule has 0 amide bonds. The fourth-order valence-electron chi connectivity index (χ4n) is 1.17. The first-order chi connectivity index (χ1) is 6.69. The van der Waals surface area contributed by atoms with Gasteiger partial charge < -0.3 is 5.73 Å². The SMILES string of the molecule is C=CC[C@H](N)c1ccc(F)c(C#N)c1.Cl. The Kier molecular flexibility index (Phi) is 5.61. The van der Waals surface area contributed by atoms with Crippen molar-refractivity contribution >= 4 is 12.4 Å². The van der Waals surface area contributed by atoms with Gasteiger partial charge in [0, 0.05) is 6.04 Å². The molecule has 0 aromatic heterocycles. The maximum Gasteiger partial charge on any atom is 0.140 e.